The van der Waals surface area contributed by atoms with Gasteiger partial charge in [0.2, 0.25) is 5.91 Å². The summed E-state index contributed by atoms with van der Waals surface area (Å²) in [6, 6.07) is 0.290. The van der Waals surface area contributed by atoms with Gasteiger partial charge in [0.25, 0.3) is 0 Å². The molecule has 2 fully saturated rings. The molecule has 1 aliphatic carbocycles. The first-order chi connectivity index (χ1) is 11.7. The third-order valence-corrected chi connectivity index (χ3v) is 5.12. The highest BCUT2D eigenvalue weighted by atomic mass is 16.5. The second-order valence-electron chi connectivity index (χ2n) is 7.01. The van der Waals surface area contributed by atoms with E-state index in [2.05, 4.69) is 9.97 Å². The van der Waals surface area contributed by atoms with Crippen molar-refractivity contribution in [3.63, 3.8) is 0 Å². The number of rotatable bonds is 6. The summed E-state index contributed by atoms with van der Waals surface area (Å²) in [6.07, 6.45) is 5.86. The first kappa shape index (κ1) is 15.6. The highest BCUT2D eigenvalue weighted by Crippen LogP contribution is 2.34. The molecule has 7 nitrogen and oxygen atoms in total. The molecule has 2 aliphatic heterocycles. The third-order valence-electron chi connectivity index (χ3n) is 5.12. The molecule has 0 atom stereocenters. The van der Waals surface area contributed by atoms with Crippen LogP contribution >= 0.6 is 0 Å². The minimum absolute atomic E-state index is 0.0487. The van der Waals surface area contributed by atoms with Gasteiger partial charge in [0.1, 0.15) is 11.6 Å². The van der Waals surface area contributed by atoms with Crippen molar-refractivity contribution in [2.75, 3.05) is 37.0 Å². The smallest absolute Gasteiger partial charge is 0.320 e. The maximum Gasteiger partial charge on any atom is 0.320 e. The van der Waals surface area contributed by atoms with Crippen LogP contribution in [0.15, 0.2) is 0 Å². The van der Waals surface area contributed by atoms with Gasteiger partial charge in [0, 0.05) is 25.3 Å². The molecule has 2 N–H and O–H groups in total. The second kappa shape index (κ2) is 6.55. The number of aromatic nitrogens is 2. The molecule has 3 heterocycles. The molecule has 7 heteroatoms. The van der Waals surface area contributed by atoms with Crippen LogP contribution in [0.4, 0.5) is 11.6 Å². The van der Waals surface area contributed by atoms with Crippen molar-refractivity contribution in [2.45, 2.75) is 38.5 Å². The maximum absolute atomic E-state index is 12.4. The molecule has 0 aromatic carbocycles. The normalized spacial score (nSPS) is 21.2. The van der Waals surface area contributed by atoms with E-state index in [1.54, 1.807) is 4.90 Å². The quantitative estimate of drug-likeness (QED) is 0.850. The monoisotopic (exact) mass is 332 g/mol. The Morgan fingerprint density at radius 3 is 2.71 bits per heavy atom. The Hall–Kier alpha value is -1.89. The van der Waals surface area contributed by atoms with Crippen molar-refractivity contribution < 1.29 is 14.3 Å². The molecule has 0 unspecified atom stereocenters. The number of anilines is 2. The van der Waals surface area contributed by atoms with Gasteiger partial charge in [-0.05, 0) is 31.1 Å². The largest absolute Gasteiger partial charge is 0.463 e. The van der Waals surface area contributed by atoms with Crippen LogP contribution in [0, 0.1) is 11.8 Å². The number of amides is 1. The fourth-order valence-corrected chi connectivity index (χ4v) is 3.39. The minimum Gasteiger partial charge on any atom is -0.463 e. The lowest BCUT2D eigenvalue weighted by atomic mass is 10.00. The predicted molar refractivity (Wildman–Crippen MR) is 88.9 cm³/mol. The Morgan fingerprint density at radius 2 is 1.96 bits per heavy atom. The topological polar surface area (TPSA) is 90.6 Å². The molecular weight excluding hydrogens is 308 g/mol. The molecule has 0 spiro atoms. The van der Waals surface area contributed by atoms with Gasteiger partial charge in [0.15, 0.2) is 0 Å². The number of fused-ring (bicyclic) bond motifs is 1. The van der Waals surface area contributed by atoms with Crippen molar-refractivity contribution in [3.05, 3.63) is 5.56 Å². The van der Waals surface area contributed by atoms with E-state index in [-0.39, 0.29) is 12.3 Å². The highest BCUT2D eigenvalue weighted by molar-refractivity contribution is 6.01. The molecule has 1 amide bonds. The van der Waals surface area contributed by atoms with E-state index in [1.165, 1.54) is 12.8 Å². The van der Waals surface area contributed by atoms with Gasteiger partial charge in [-0.2, -0.15) is 9.97 Å². The Kier molecular flexibility index (Phi) is 4.26. The maximum atomic E-state index is 12.4. The molecule has 1 aromatic rings. The molecule has 3 aliphatic rings. The Labute approximate surface area is 141 Å². The number of carbonyl (C=O) groups is 1. The van der Waals surface area contributed by atoms with E-state index >= 15 is 0 Å². The number of nitrogens with two attached hydrogens (primary N) is 1. The number of carbonyl (C=O) groups excluding carboxylic acids is 1. The fraction of sp³-hybridized carbons (Fsp3) is 0.706. The van der Waals surface area contributed by atoms with Crippen LogP contribution in [0.2, 0.25) is 0 Å². The number of nitrogens with zero attached hydrogens (tertiary/aromatic N) is 3. The van der Waals surface area contributed by atoms with E-state index in [1.807, 2.05) is 0 Å². The van der Waals surface area contributed by atoms with Crippen molar-refractivity contribution in [1.82, 2.24) is 9.97 Å². The van der Waals surface area contributed by atoms with Crippen LogP contribution in [0.25, 0.3) is 0 Å². The summed E-state index contributed by atoms with van der Waals surface area (Å²) in [5, 5.41) is 0. The van der Waals surface area contributed by atoms with Crippen LogP contribution in [0.5, 0.6) is 6.01 Å². The summed E-state index contributed by atoms with van der Waals surface area (Å²) in [7, 11) is 0. The van der Waals surface area contributed by atoms with E-state index < -0.39 is 0 Å². The van der Waals surface area contributed by atoms with Gasteiger partial charge in [0.05, 0.1) is 13.0 Å². The molecule has 130 valence electrons. The van der Waals surface area contributed by atoms with Crippen molar-refractivity contribution in [1.29, 1.82) is 0 Å². The van der Waals surface area contributed by atoms with Crippen molar-refractivity contribution in [2.24, 2.45) is 11.8 Å². The Bertz CT molecular complexity index is 627. The molecule has 1 saturated carbocycles. The van der Waals surface area contributed by atoms with E-state index in [0.29, 0.717) is 36.7 Å². The number of ether oxygens (including phenoxy) is 2. The van der Waals surface area contributed by atoms with Gasteiger partial charge in [-0.15, -0.1) is 0 Å². The molecule has 1 aromatic heterocycles. The van der Waals surface area contributed by atoms with Crippen LogP contribution in [0.3, 0.4) is 0 Å². The summed E-state index contributed by atoms with van der Waals surface area (Å²) in [4.78, 5) is 22.9. The highest BCUT2D eigenvalue weighted by Gasteiger charge is 2.34. The molecule has 4 rings (SSSR count). The molecule has 24 heavy (non-hydrogen) atoms. The second-order valence-corrected chi connectivity index (χ2v) is 7.01. The van der Waals surface area contributed by atoms with Crippen molar-refractivity contribution in [3.8, 4) is 6.01 Å². The van der Waals surface area contributed by atoms with Gasteiger partial charge < -0.3 is 15.2 Å². The van der Waals surface area contributed by atoms with E-state index in [0.717, 1.165) is 44.0 Å². The van der Waals surface area contributed by atoms with Crippen LogP contribution in [-0.2, 0) is 16.0 Å². The summed E-state index contributed by atoms with van der Waals surface area (Å²) < 4.78 is 11.1. The third kappa shape index (κ3) is 3.31. The van der Waals surface area contributed by atoms with Crippen LogP contribution in [0.1, 0.15) is 37.7 Å². The Morgan fingerprint density at radius 1 is 1.17 bits per heavy atom. The molecule has 0 bridgehead atoms. The first-order valence-electron chi connectivity index (χ1n) is 8.88. The van der Waals surface area contributed by atoms with Gasteiger partial charge in [-0.1, -0.05) is 12.8 Å². The average Bonchev–Trinajstić information content (AvgIpc) is 3.35. The lowest BCUT2D eigenvalue weighted by molar-refractivity contribution is -0.117. The number of nitrogen functional groups attached to an aromatic ring is 1. The standard InChI is InChI=1S/C17H24N4O3/c18-15-13-9-14(22)21(10-12-3-6-23-7-4-12)16(13)20-17(19-15)24-8-5-11-1-2-11/h11-12H,1-10H2,(H2,18,19,20). The zero-order valence-corrected chi connectivity index (χ0v) is 13.9. The minimum atomic E-state index is 0.0487. The van der Waals surface area contributed by atoms with Gasteiger partial charge in [-0.25, -0.2) is 0 Å². The Balaban J connectivity index is 1.48. The first-order valence-corrected chi connectivity index (χ1v) is 8.88. The zero-order valence-electron chi connectivity index (χ0n) is 13.9. The average molecular weight is 332 g/mol. The lowest BCUT2D eigenvalue weighted by Gasteiger charge is -2.27. The molecule has 0 radical (unpaired) electrons. The number of hydrogen-bond donors (Lipinski definition) is 1. The van der Waals surface area contributed by atoms with E-state index in [9.17, 15) is 4.79 Å². The summed E-state index contributed by atoms with van der Waals surface area (Å²) >= 11 is 0. The van der Waals surface area contributed by atoms with Crippen LogP contribution in [-0.4, -0.2) is 42.2 Å². The van der Waals surface area contributed by atoms with Crippen molar-refractivity contribution >= 4 is 17.5 Å². The zero-order chi connectivity index (χ0) is 16.5. The molecule has 1 saturated heterocycles. The van der Waals surface area contributed by atoms with E-state index in [4.69, 9.17) is 15.2 Å². The summed E-state index contributed by atoms with van der Waals surface area (Å²) in [5.74, 6) is 2.30. The lowest BCUT2D eigenvalue weighted by Crippen LogP contribution is -2.35. The summed E-state index contributed by atoms with van der Waals surface area (Å²) in [5.41, 5.74) is 6.78. The molecular formula is C17H24N4O3. The summed E-state index contributed by atoms with van der Waals surface area (Å²) in [6.45, 7) is 2.81. The van der Waals surface area contributed by atoms with Crippen LogP contribution < -0.4 is 15.4 Å². The predicted octanol–water partition coefficient (Wildman–Crippen LogP) is 1.55. The van der Waals surface area contributed by atoms with Gasteiger partial charge >= 0.3 is 6.01 Å². The SMILES string of the molecule is Nc1nc(OCCC2CC2)nc2c1CC(=O)N2CC1CCOCC1. The number of hydrogen-bond acceptors (Lipinski definition) is 6. The fourth-order valence-electron chi connectivity index (χ4n) is 3.39. The van der Waals surface area contributed by atoms with Gasteiger partial charge in [-0.3, -0.25) is 9.69 Å².